The summed E-state index contributed by atoms with van der Waals surface area (Å²) in [5.41, 5.74) is 0. The first kappa shape index (κ1) is 50.7. The fourth-order valence-corrected chi connectivity index (χ4v) is 5.77. The van der Waals surface area contributed by atoms with E-state index < -0.39 is 51.8 Å². The number of aliphatic hydroxyl groups excluding tert-OH is 2. The van der Waals surface area contributed by atoms with E-state index in [1.165, 1.54) is 57.8 Å². The summed E-state index contributed by atoms with van der Waals surface area (Å²) in [5, 5.41) is 18.3. The molecule has 0 saturated heterocycles. The van der Waals surface area contributed by atoms with Crippen molar-refractivity contribution < 1.29 is 47.8 Å². The number of ether oxygens (including phenoxy) is 2. The van der Waals surface area contributed by atoms with Gasteiger partial charge < -0.3 is 24.6 Å². The molecule has 3 atom stereocenters. The van der Waals surface area contributed by atoms with Crippen LogP contribution in [0.15, 0.2) is 60.8 Å². The lowest BCUT2D eigenvalue weighted by Gasteiger charge is -2.20. The van der Waals surface area contributed by atoms with Crippen molar-refractivity contribution in [1.29, 1.82) is 0 Å². The molecule has 0 radical (unpaired) electrons. The summed E-state index contributed by atoms with van der Waals surface area (Å²) in [6.07, 6.45) is 40.5. The van der Waals surface area contributed by atoms with Gasteiger partial charge in [-0.05, 0) is 77.0 Å². The van der Waals surface area contributed by atoms with Crippen LogP contribution >= 0.6 is 7.82 Å². The number of phosphoric acid groups is 1. The highest BCUT2D eigenvalue weighted by Crippen LogP contribution is 2.43. The molecule has 0 aromatic carbocycles. The highest BCUT2D eigenvalue weighted by Gasteiger charge is 2.27. The number of esters is 2. The van der Waals surface area contributed by atoms with Gasteiger partial charge in [-0.2, -0.15) is 0 Å². The van der Waals surface area contributed by atoms with Crippen LogP contribution < -0.4 is 0 Å². The molecule has 3 N–H and O–H groups in total. The zero-order chi connectivity index (χ0) is 39.1. The van der Waals surface area contributed by atoms with Gasteiger partial charge in [0.1, 0.15) is 12.7 Å². The largest absolute Gasteiger partial charge is 0.472 e. The van der Waals surface area contributed by atoms with E-state index in [0.717, 1.165) is 51.4 Å². The first-order valence-corrected chi connectivity index (χ1v) is 21.7. The molecule has 10 nitrogen and oxygen atoms in total. The average molecular weight is 769 g/mol. The van der Waals surface area contributed by atoms with Crippen LogP contribution in [0.5, 0.6) is 0 Å². The normalized spacial score (nSPS) is 14.6. The summed E-state index contributed by atoms with van der Waals surface area (Å²) >= 11 is 0. The first-order chi connectivity index (χ1) is 25.7. The molecule has 0 saturated carbocycles. The molecular formula is C42H73O10P. The maximum absolute atomic E-state index is 12.5. The Hall–Kier alpha value is -2.33. The van der Waals surface area contributed by atoms with Gasteiger partial charge in [-0.1, -0.05) is 126 Å². The number of phosphoric ester groups is 1. The molecule has 0 rings (SSSR count). The van der Waals surface area contributed by atoms with Gasteiger partial charge in [0.2, 0.25) is 0 Å². The predicted molar refractivity (Wildman–Crippen MR) is 214 cm³/mol. The Kier molecular flexibility index (Phi) is 36.3. The van der Waals surface area contributed by atoms with E-state index in [1.807, 2.05) is 6.08 Å². The Balaban J connectivity index is 4.47. The Morgan fingerprint density at radius 2 is 1.00 bits per heavy atom. The van der Waals surface area contributed by atoms with Gasteiger partial charge in [0, 0.05) is 12.8 Å². The number of allylic oxidation sites excluding steroid dienone is 10. The minimum absolute atomic E-state index is 0.150. The molecule has 0 heterocycles. The van der Waals surface area contributed by atoms with E-state index in [1.54, 1.807) is 0 Å². The molecule has 0 aromatic heterocycles. The van der Waals surface area contributed by atoms with Gasteiger partial charge >= 0.3 is 19.8 Å². The SMILES string of the molecule is CCCCC/C=C/C/C=C/C/C=C/C/C=C/CCCC(=O)OC[C@H](COP(=O)(O)OC[C@@H](O)CO)OC(=O)CCCCC/C=C/CCCCCCCC. The van der Waals surface area contributed by atoms with Crippen molar-refractivity contribution >= 4 is 19.8 Å². The van der Waals surface area contributed by atoms with Crippen molar-refractivity contribution in [2.45, 2.75) is 167 Å². The van der Waals surface area contributed by atoms with Crippen molar-refractivity contribution in [3.8, 4) is 0 Å². The highest BCUT2D eigenvalue weighted by molar-refractivity contribution is 7.47. The average Bonchev–Trinajstić information content (AvgIpc) is 3.14. The van der Waals surface area contributed by atoms with Crippen LogP contribution in [0.2, 0.25) is 0 Å². The van der Waals surface area contributed by atoms with E-state index in [0.29, 0.717) is 19.3 Å². The maximum Gasteiger partial charge on any atom is 0.472 e. The Bertz CT molecular complexity index is 1070. The van der Waals surface area contributed by atoms with E-state index in [4.69, 9.17) is 19.1 Å². The lowest BCUT2D eigenvalue weighted by atomic mass is 10.1. The smallest absolute Gasteiger partial charge is 0.462 e. The molecule has 0 spiro atoms. The summed E-state index contributed by atoms with van der Waals surface area (Å²) < 4.78 is 32.5. The van der Waals surface area contributed by atoms with Crippen molar-refractivity contribution in [3.63, 3.8) is 0 Å². The van der Waals surface area contributed by atoms with Crippen molar-refractivity contribution in [2.75, 3.05) is 26.4 Å². The lowest BCUT2D eigenvalue weighted by Crippen LogP contribution is -2.29. The second-order valence-electron chi connectivity index (χ2n) is 13.3. The standard InChI is InChI=1S/C42H73O10P/c1-3-5-7-9-11-13-15-17-18-19-20-22-23-25-27-29-31-33-41(45)49-37-40(38-51-53(47,48)50-36-39(44)35-43)52-42(46)34-32-30-28-26-24-21-16-14-12-10-8-6-4-2/h11,13,17-18,20-22,24-25,27,39-40,43-44H,3-10,12,14-16,19,23,26,28-38H2,1-2H3,(H,47,48)/b13-11+,18-17+,22-20+,24-21+,27-25+/t39-,40+/m0/s1. The van der Waals surface area contributed by atoms with Gasteiger partial charge in [0.25, 0.3) is 0 Å². The molecule has 11 heteroatoms. The summed E-state index contributed by atoms with van der Waals surface area (Å²) in [5.74, 6) is -1.01. The van der Waals surface area contributed by atoms with Crippen LogP contribution in [0.25, 0.3) is 0 Å². The molecular weight excluding hydrogens is 695 g/mol. The lowest BCUT2D eigenvalue weighted by molar-refractivity contribution is -0.161. The number of hydrogen-bond acceptors (Lipinski definition) is 9. The number of hydrogen-bond donors (Lipinski definition) is 3. The van der Waals surface area contributed by atoms with Crippen molar-refractivity contribution in [1.82, 2.24) is 0 Å². The molecule has 0 amide bonds. The fourth-order valence-electron chi connectivity index (χ4n) is 4.98. The highest BCUT2D eigenvalue weighted by atomic mass is 31.2. The topological polar surface area (TPSA) is 149 Å². The summed E-state index contributed by atoms with van der Waals surface area (Å²) in [4.78, 5) is 34.8. The van der Waals surface area contributed by atoms with Crippen LogP contribution in [-0.4, -0.2) is 65.7 Å². The predicted octanol–water partition coefficient (Wildman–Crippen LogP) is 10.3. The Morgan fingerprint density at radius 3 is 1.58 bits per heavy atom. The number of aliphatic hydroxyl groups is 2. The second-order valence-corrected chi connectivity index (χ2v) is 14.8. The van der Waals surface area contributed by atoms with Crippen molar-refractivity contribution in [2.24, 2.45) is 0 Å². The van der Waals surface area contributed by atoms with Gasteiger partial charge in [-0.15, -0.1) is 0 Å². The van der Waals surface area contributed by atoms with E-state index >= 15 is 0 Å². The molecule has 0 aliphatic heterocycles. The van der Waals surface area contributed by atoms with E-state index in [-0.39, 0.29) is 19.4 Å². The third-order valence-electron chi connectivity index (χ3n) is 8.14. The first-order valence-electron chi connectivity index (χ1n) is 20.2. The molecule has 306 valence electrons. The molecule has 0 bridgehead atoms. The van der Waals surface area contributed by atoms with Crippen LogP contribution in [0, 0.1) is 0 Å². The molecule has 0 aromatic rings. The number of carbonyl (C=O) groups is 2. The number of unbranched alkanes of at least 4 members (excludes halogenated alkanes) is 13. The summed E-state index contributed by atoms with van der Waals surface area (Å²) in [7, 11) is -4.63. The van der Waals surface area contributed by atoms with E-state index in [9.17, 15) is 24.2 Å². The second kappa shape index (κ2) is 38.0. The molecule has 53 heavy (non-hydrogen) atoms. The van der Waals surface area contributed by atoms with Crippen molar-refractivity contribution in [3.05, 3.63) is 60.8 Å². The maximum atomic E-state index is 12.5. The number of carbonyl (C=O) groups excluding carboxylic acids is 2. The summed E-state index contributed by atoms with van der Waals surface area (Å²) in [6.45, 7) is 2.24. The third kappa shape index (κ3) is 37.8. The zero-order valence-corrected chi connectivity index (χ0v) is 33.9. The molecule has 0 aliphatic carbocycles. The molecule has 1 unspecified atom stereocenters. The van der Waals surface area contributed by atoms with Gasteiger partial charge in [0.15, 0.2) is 6.10 Å². The zero-order valence-electron chi connectivity index (χ0n) is 33.0. The van der Waals surface area contributed by atoms with Gasteiger partial charge in [-0.3, -0.25) is 18.6 Å². The van der Waals surface area contributed by atoms with Crippen LogP contribution in [0.4, 0.5) is 0 Å². The van der Waals surface area contributed by atoms with Crippen LogP contribution in [-0.2, 0) is 32.7 Å². The minimum atomic E-state index is -4.63. The third-order valence-corrected chi connectivity index (χ3v) is 9.10. The minimum Gasteiger partial charge on any atom is -0.462 e. The van der Waals surface area contributed by atoms with E-state index in [2.05, 4.69) is 73.1 Å². The Labute approximate surface area is 321 Å². The van der Waals surface area contributed by atoms with Crippen LogP contribution in [0.3, 0.4) is 0 Å². The monoisotopic (exact) mass is 768 g/mol. The van der Waals surface area contributed by atoms with Gasteiger partial charge in [-0.25, -0.2) is 4.57 Å². The quantitative estimate of drug-likeness (QED) is 0.0241. The molecule has 0 fully saturated rings. The Morgan fingerprint density at radius 1 is 0.566 bits per heavy atom. The van der Waals surface area contributed by atoms with Crippen LogP contribution in [0.1, 0.15) is 155 Å². The summed E-state index contributed by atoms with van der Waals surface area (Å²) in [6, 6.07) is 0. The fraction of sp³-hybridized carbons (Fsp3) is 0.714. The number of rotatable bonds is 37. The van der Waals surface area contributed by atoms with Gasteiger partial charge in [0.05, 0.1) is 19.8 Å². The molecule has 0 aliphatic rings.